The van der Waals surface area contributed by atoms with Crippen molar-refractivity contribution in [2.45, 2.75) is 86.5 Å². The van der Waals surface area contributed by atoms with Crippen LogP contribution in [0.2, 0.25) is 0 Å². The Labute approximate surface area is 258 Å². The summed E-state index contributed by atoms with van der Waals surface area (Å²) in [5, 5.41) is 2.90. The van der Waals surface area contributed by atoms with Crippen LogP contribution in [-0.4, -0.2) is 0 Å². The first-order valence-corrected chi connectivity index (χ1v) is 16.3. The second-order valence-corrected chi connectivity index (χ2v) is 15.2. The van der Waals surface area contributed by atoms with Gasteiger partial charge in [0.05, 0.1) is 0 Å². The fourth-order valence-electron chi connectivity index (χ4n) is 10.5. The number of hydrogen-bond acceptors (Lipinski definition) is 0. The van der Waals surface area contributed by atoms with Crippen LogP contribution >= 0.6 is 0 Å². The summed E-state index contributed by atoms with van der Waals surface area (Å²) in [6.07, 6.45) is 6.16. The van der Waals surface area contributed by atoms with Gasteiger partial charge in [-0.05, 0) is 137 Å². The highest BCUT2D eigenvalue weighted by Gasteiger charge is 2.54. The van der Waals surface area contributed by atoms with Crippen LogP contribution in [0, 0.1) is 39.5 Å². The van der Waals surface area contributed by atoms with Crippen molar-refractivity contribution < 1.29 is 0 Å². The van der Waals surface area contributed by atoms with E-state index in [9.17, 15) is 0 Å². The van der Waals surface area contributed by atoms with E-state index in [-0.39, 0.29) is 10.8 Å². The second-order valence-electron chi connectivity index (χ2n) is 15.2. The number of rotatable bonds is 1. The zero-order valence-corrected chi connectivity index (χ0v) is 27.6. The maximum absolute atomic E-state index is 2.66. The van der Waals surface area contributed by atoms with Gasteiger partial charge in [-0.2, -0.15) is 0 Å². The van der Waals surface area contributed by atoms with Crippen LogP contribution in [0.4, 0.5) is 0 Å². The molecule has 2 atom stereocenters. The smallest absolute Gasteiger partial charge is 0.0473 e. The van der Waals surface area contributed by atoms with Gasteiger partial charge in [0, 0.05) is 10.8 Å². The van der Waals surface area contributed by atoms with E-state index >= 15 is 0 Å². The van der Waals surface area contributed by atoms with Crippen LogP contribution in [0.3, 0.4) is 0 Å². The van der Waals surface area contributed by atoms with Crippen LogP contribution in [0.25, 0.3) is 33.0 Å². The molecule has 0 fully saturated rings. The average molecular weight is 561 g/mol. The maximum Gasteiger partial charge on any atom is 0.0473 e. The minimum absolute atomic E-state index is 0.0745. The van der Waals surface area contributed by atoms with Gasteiger partial charge in [0.25, 0.3) is 0 Å². The molecule has 0 aliphatic heterocycles. The number of aryl methyl sites for hydroxylation is 4. The summed E-state index contributed by atoms with van der Waals surface area (Å²) >= 11 is 0. The van der Waals surface area contributed by atoms with Gasteiger partial charge in [-0.3, -0.25) is 0 Å². The molecule has 4 aliphatic rings. The summed E-state index contributed by atoms with van der Waals surface area (Å²) in [4.78, 5) is 0. The molecule has 4 aliphatic carbocycles. The summed E-state index contributed by atoms with van der Waals surface area (Å²) < 4.78 is 0. The minimum atomic E-state index is -0.194. The Hall–Kier alpha value is -3.64. The van der Waals surface area contributed by atoms with Gasteiger partial charge >= 0.3 is 0 Å². The molecule has 0 nitrogen and oxygen atoms in total. The quantitative estimate of drug-likeness (QED) is 0.217. The van der Waals surface area contributed by atoms with Gasteiger partial charge < -0.3 is 0 Å². The lowest BCUT2D eigenvalue weighted by atomic mass is 9.58. The number of fused-ring (bicyclic) bond motifs is 12. The molecule has 0 amide bonds. The highest BCUT2D eigenvalue weighted by molar-refractivity contribution is 6.11. The van der Waals surface area contributed by atoms with Gasteiger partial charge in [-0.15, -0.1) is 0 Å². The molecule has 0 radical (unpaired) electrons. The van der Waals surface area contributed by atoms with Crippen molar-refractivity contribution in [3.05, 3.63) is 127 Å². The third kappa shape index (κ3) is 3.23. The molecule has 0 saturated carbocycles. The summed E-state index contributed by atoms with van der Waals surface area (Å²) in [6.45, 7) is 23.8. The zero-order chi connectivity index (χ0) is 30.3. The van der Waals surface area contributed by atoms with E-state index < -0.39 is 0 Å². The fraction of sp³-hybridized carbons (Fsp3) is 0.349. The molecular formula is C43H44. The van der Waals surface area contributed by atoms with E-state index in [4.69, 9.17) is 0 Å². The molecule has 0 bridgehead atoms. The first kappa shape index (κ1) is 26.9. The van der Waals surface area contributed by atoms with Crippen molar-refractivity contribution in [3.63, 3.8) is 0 Å². The van der Waals surface area contributed by atoms with Gasteiger partial charge in [-0.1, -0.05) is 111 Å². The molecule has 2 unspecified atom stereocenters. The molecule has 0 saturated heterocycles. The predicted octanol–water partition coefficient (Wildman–Crippen LogP) is 11.3. The largest absolute Gasteiger partial charge is 0.0682 e. The first-order chi connectivity index (χ1) is 20.4. The number of allylic oxidation sites excluding steroid dienone is 6. The van der Waals surface area contributed by atoms with E-state index in [0.29, 0.717) is 11.8 Å². The van der Waals surface area contributed by atoms with E-state index in [1.165, 1.54) is 77.6 Å². The molecule has 0 heteroatoms. The first-order valence-electron chi connectivity index (χ1n) is 16.3. The molecule has 4 aromatic carbocycles. The molecular weight excluding hydrogens is 516 g/mol. The second kappa shape index (κ2) is 8.50. The van der Waals surface area contributed by atoms with Crippen LogP contribution in [0.5, 0.6) is 0 Å². The Morgan fingerprint density at radius 3 is 2.23 bits per heavy atom. The van der Waals surface area contributed by atoms with Gasteiger partial charge in [0.1, 0.15) is 0 Å². The van der Waals surface area contributed by atoms with E-state index in [1.807, 2.05) is 0 Å². The number of benzene rings is 4. The lowest BCUT2D eigenvalue weighted by Crippen LogP contribution is -2.39. The van der Waals surface area contributed by atoms with Crippen LogP contribution in [-0.2, 0) is 17.3 Å². The molecule has 0 N–H and O–H groups in total. The number of hydrogen-bond donors (Lipinski definition) is 0. The topological polar surface area (TPSA) is 0 Å². The lowest BCUT2D eigenvalue weighted by molar-refractivity contribution is 0.336. The minimum Gasteiger partial charge on any atom is -0.0682 e. The molecule has 0 aromatic heterocycles. The molecule has 43 heavy (non-hydrogen) atoms. The molecule has 0 heterocycles. The van der Waals surface area contributed by atoms with E-state index in [0.717, 1.165) is 6.42 Å². The van der Waals surface area contributed by atoms with Gasteiger partial charge in [0.15, 0.2) is 0 Å². The molecule has 1 spiro atoms. The molecule has 4 aromatic rings. The van der Waals surface area contributed by atoms with Crippen molar-refractivity contribution in [3.8, 4) is 11.1 Å². The summed E-state index contributed by atoms with van der Waals surface area (Å²) in [5.74, 6) is 0.898. The van der Waals surface area contributed by atoms with Crippen molar-refractivity contribution in [1.82, 2.24) is 0 Å². The Morgan fingerprint density at radius 2 is 1.49 bits per heavy atom. The highest BCUT2D eigenvalue weighted by atomic mass is 14.6. The monoisotopic (exact) mass is 560 g/mol. The normalized spacial score (nSPS) is 22.5. The summed E-state index contributed by atoms with van der Waals surface area (Å²) in [5.41, 5.74) is 23.3. The third-order valence-corrected chi connectivity index (χ3v) is 11.4. The molecule has 216 valence electrons. The van der Waals surface area contributed by atoms with Crippen molar-refractivity contribution in [2.75, 3.05) is 0 Å². The maximum atomic E-state index is 2.66. The Balaban J connectivity index is 1.54. The van der Waals surface area contributed by atoms with Gasteiger partial charge in [-0.25, -0.2) is 0 Å². The third-order valence-electron chi connectivity index (χ3n) is 11.4. The summed E-state index contributed by atoms with van der Waals surface area (Å²) in [7, 11) is 0. The standard InChI is InChI=1S/C43H44/c1-22(2)38-28(8)16-25(5)21-43(38)35-14-13-30-32-20-29-12-11-23(3)17-31(29)39(32)42(9,10)41(30)37(35)34-19-27(7)36-26(6)15-24(4)18-33(36)40(34)43/h11-19,21-22,38H,20H2,1-10H3. The van der Waals surface area contributed by atoms with Crippen LogP contribution in [0.1, 0.15) is 97.2 Å². The highest BCUT2D eigenvalue weighted by Crippen LogP contribution is 2.66. The van der Waals surface area contributed by atoms with Crippen LogP contribution < -0.4 is 0 Å². The lowest BCUT2D eigenvalue weighted by Gasteiger charge is -2.44. The summed E-state index contributed by atoms with van der Waals surface area (Å²) in [6, 6.07) is 19.6. The van der Waals surface area contributed by atoms with Crippen molar-refractivity contribution in [1.29, 1.82) is 0 Å². The van der Waals surface area contributed by atoms with Crippen molar-refractivity contribution >= 4 is 21.9 Å². The van der Waals surface area contributed by atoms with Gasteiger partial charge in [0.2, 0.25) is 0 Å². The fourth-order valence-corrected chi connectivity index (χ4v) is 10.5. The van der Waals surface area contributed by atoms with Crippen molar-refractivity contribution in [2.24, 2.45) is 11.8 Å². The Morgan fingerprint density at radius 1 is 0.744 bits per heavy atom. The molecule has 8 rings (SSSR count). The van der Waals surface area contributed by atoms with E-state index in [2.05, 4.69) is 130 Å². The van der Waals surface area contributed by atoms with E-state index in [1.54, 1.807) is 22.3 Å². The Bertz CT molecular complexity index is 2050. The average Bonchev–Trinajstić information content (AvgIpc) is 3.48. The SMILES string of the molecule is CC1=CC2(c3ccc4c(c3-c3cc(C)c5c(C)cc(C)cc5c32)C(C)(C)C2=C4Cc3ccc(C)cc32)C(C(C)C)C(C)=C1. The Kier molecular flexibility index (Phi) is 5.33. The zero-order valence-electron chi connectivity index (χ0n) is 27.6. The van der Waals surface area contributed by atoms with Crippen LogP contribution in [0.15, 0.2) is 71.8 Å². The predicted molar refractivity (Wildman–Crippen MR) is 185 cm³/mol.